The van der Waals surface area contributed by atoms with Gasteiger partial charge >= 0.3 is 5.91 Å². The number of carbonyl (C=O) groups excluding carboxylic acids is 2. The van der Waals surface area contributed by atoms with E-state index in [0.29, 0.717) is 52.4 Å². The number of ketones is 1. The fourth-order valence-electron chi connectivity index (χ4n) is 5.56. The van der Waals surface area contributed by atoms with Gasteiger partial charge in [-0.2, -0.15) is 0 Å². The second-order valence-electron chi connectivity index (χ2n) is 11.2. The first kappa shape index (κ1) is 32.5. The average molecular weight is 676 g/mol. The first-order valence-electron chi connectivity index (χ1n) is 15.5. The predicted molar refractivity (Wildman–Crippen MR) is 179 cm³/mol. The number of unbranched alkanes of at least 4 members (excludes halogenated alkanes) is 1. The number of Topliss-reactive ketones (excluding diaryl/α,β-unsaturated/α-hetero) is 1. The molecule has 1 fully saturated rings. The SMILES string of the molecule is CCCCOc1ccc(C2/C(=C(\O)c3ccc4c(c3)CC(C)O4)C(=O)C(=O)N2c2nnc(SCc3ccc(F)cc3)s2)cc1OCC. The van der Waals surface area contributed by atoms with Gasteiger partial charge in [-0.05, 0) is 79.4 Å². The van der Waals surface area contributed by atoms with Gasteiger partial charge in [0.05, 0.1) is 24.8 Å². The number of thioether (sulfide) groups is 1. The molecule has 4 aromatic rings. The normalized spacial score (nSPS) is 18.3. The highest BCUT2D eigenvalue weighted by Gasteiger charge is 2.48. The summed E-state index contributed by atoms with van der Waals surface area (Å²) in [4.78, 5) is 28.9. The maximum Gasteiger partial charge on any atom is 0.301 e. The summed E-state index contributed by atoms with van der Waals surface area (Å²) < 4.78 is 31.7. The van der Waals surface area contributed by atoms with Crippen molar-refractivity contribution in [2.45, 2.75) is 62.3 Å². The van der Waals surface area contributed by atoms with Crippen LogP contribution >= 0.6 is 23.1 Å². The van der Waals surface area contributed by atoms with Gasteiger partial charge in [-0.15, -0.1) is 10.2 Å². The molecular weight excluding hydrogens is 642 g/mol. The zero-order chi connectivity index (χ0) is 33.1. The highest BCUT2D eigenvalue weighted by atomic mass is 32.2. The van der Waals surface area contributed by atoms with Crippen LogP contribution in [-0.2, 0) is 21.8 Å². The second-order valence-corrected chi connectivity index (χ2v) is 13.4. The number of carbonyl (C=O) groups is 2. The van der Waals surface area contributed by atoms with Crippen LogP contribution in [0, 0.1) is 5.82 Å². The lowest BCUT2D eigenvalue weighted by molar-refractivity contribution is -0.132. The van der Waals surface area contributed by atoms with Crippen molar-refractivity contribution in [3.8, 4) is 17.2 Å². The summed E-state index contributed by atoms with van der Waals surface area (Å²) in [6.07, 6.45) is 2.50. The molecule has 6 rings (SSSR count). The van der Waals surface area contributed by atoms with Gasteiger partial charge in [-0.1, -0.05) is 54.6 Å². The number of nitrogens with zero attached hydrogens (tertiary/aromatic N) is 3. The van der Waals surface area contributed by atoms with Crippen LogP contribution in [0.4, 0.5) is 9.52 Å². The second kappa shape index (κ2) is 14.1. The number of hydrogen-bond acceptors (Lipinski definition) is 10. The molecule has 0 radical (unpaired) electrons. The van der Waals surface area contributed by atoms with Crippen LogP contribution in [0.25, 0.3) is 5.76 Å². The zero-order valence-electron chi connectivity index (χ0n) is 26.2. The van der Waals surface area contributed by atoms with Gasteiger partial charge in [-0.25, -0.2) is 4.39 Å². The number of halogens is 1. The largest absolute Gasteiger partial charge is 0.507 e. The number of anilines is 1. The summed E-state index contributed by atoms with van der Waals surface area (Å²) >= 11 is 2.54. The summed E-state index contributed by atoms with van der Waals surface area (Å²) in [6.45, 7) is 6.78. The van der Waals surface area contributed by atoms with Crippen molar-refractivity contribution >= 4 is 45.7 Å². The summed E-state index contributed by atoms with van der Waals surface area (Å²) in [5.74, 6) is -0.0396. The summed E-state index contributed by atoms with van der Waals surface area (Å²) in [5.41, 5.74) is 2.67. The van der Waals surface area contributed by atoms with E-state index in [1.165, 1.54) is 28.8 Å². The maximum absolute atomic E-state index is 13.8. The number of rotatable bonds is 12. The molecule has 1 amide bonds. The monoisotopic (exact) mass is 675 g/mol. The van der Waals surface area contributed by atoms with Crippen molar-refractivity contribution in [3.63, 3.8) is 0 Å². The molecular formula is C35H34FN3O6S2. The number of hydrogen-bond donors (Lipinski definition) is 1. The van der Waals surface area contributed by atoms with Gasteiger partial charge in [0.2, 0.25) is 5.13 Å². The van der Waals surface area contributed by atoms with E-state index in [2.05, 4.69) is 17.1 Å². The van der Waals surface area contributed by atoms with Crippen LogP contribution in [-0.4, -0.2) is 46.3 Å². The molecule has 1 N–H and O–H groups in total. The fraction of sp³-hybridized carbons (Fsp3) is 0.314. The molecule has 1 saturated heterocycles. The van der Waals surface area contributed by atoms with Gasteiger partial charge in [0.1, 0.15) is 23.4 Å². The third-order valence-corrected chi connectivity index (χ3v) is 9.96. The number of fused-ring (bicyclic) bond motifs is 1. The molecule has 0 bridgehead atoms. The Morgan fingerprint density at radius 1 is 1.06 bits per heavy atom. The van der Waals surface area contributed by atoms with E-state index in [-0.39, 0.29) is 28.4 Å². The summed E-state index contributed by atoms with van der Waals surface area (Å²) in [5, 5.41) is 20.5. The number of aliphatic hydroxyl groups excluding tert-OH is 1. The fourth-order valence-corrected chi connectivity index (χ4v) is 7.39. The Bertz CT molecular complexity index is 1830. The van der Waals surface area contributed by atoms with Crippen molar-refractivity contribution < 1.29 is 33.3 Å². The first-order chi connectivity index (χ1) is 22.8. The number of aromatic nitrogens is 2. The Hall–Kier alpha value is -4.42. The van der Waals surface area contributed by atoms with Crippen LogP contribution in [0.1, 0.15) is 61.9 Å². The van der Waals surface area contributed by atoms with Gasteiger partial charge < -0.3 is 19.3 Å². The third kappa shape index (κ3) is 6.84. The lowest BCUT2D eigenvalue weighted by atomic mass is 9.94. The van der Waals surface area contributed by atoms with Gasteiger partial charge in [0.25, 0.3) is 5.78 Å². The van der Waals surface area contributed by atoms with Crippen LogP contribution in [0.2, 0.25) is 0 Å². The molecule has 47 heavy (non-hydrogen) atoms. The van der Waals surface area contributed by atoms with E-state index in [1.54, 1.807) is 48.5 Å². The Balaban J connectivity index is 1.41. The molecule has 3 heterocycles. The van der Waals surface area contributed by atoms with Crippen LogP contribution in [0.5, 0.6) is 17.2 Å². The van der Waals surface area contributed by atoms with E-state index < -0.39 is 17.7 Å². The van der Waals surface area contributed by atoms with Gasteiger partial charge in [-0.3, -0.25) is 14.5 Å². The van der Waals surface area contributed by atoms with E-state index in [0.717, 1.165) is 41.1 Å². The number of aliphatic hydroxyl groups is 1. The van der Waals surface area contributed by atoms with E-state index in [9.17, 15) is 19.1 Å². The molecule has 2 aliphatic heterocycles. The Labute approximate surface area is 280 Å². The predicted octanol–water partition coefficient (Wildman–Crippen LogP) is 7.50. The quantitative estimate of drug-likeness (QED) is 0.0408. The minimum atomic E-state index is -1.02. The molecule has 0 saturated carbocycles. The van der Waals surface area contributed by atoms with Crippen molar-refractivity contribution in [1.82, 2.24) is 10.2 Å². The topological polar surface area (TPSA) is 111 Å². The highest BCUT2D eigenvalue weighted by molar-refractivity contribution is 8.00. The smallest absolute Gasteiger partial charge is 0.301 e. The molecule has 3 aromatic carbocycles. The molecule has 2 unspecified atom stereocenters. The average Bonchev–Trinajstić information content (AvgIpc) is 3.76. The minimum absolute atomic E-state index is 0.00412. The third-order valence-electron chi connectivity index (χ3n) is 7.83. The van der Waals surface area contributed by atoms with E-state index >= 15 is 0 Å². The van der Waals surface area contributed by atoms with Crippen LogP contribution < -0.4 is 19.1 Å². The summed E-state index contributed by atoms with van der Waals surface area (Å²) in [6, 6.07) is 15.7. The van der Waals surface area contributed by atoms with E-state index in [4.69, 9.17) is 14.2 Å². The highest BCUT2D eigenvalue weighted by Crippen LogP contribution is 2.46. The Morgan fingerprint density at radius 2 is 1.87 bits per heavy atom. The molecule has 0 spiro atoms. The molecule has 12 heteroatoms. The van der Waals surface area contributed by atoms with Crippen molar-refractivity contribution in [2.75, 3.05) is 18.1 Å². The molecule has 2 atom stereocenters. The van der Waals surface area contributed by atoms with Crippen LogP contribution in [0.3, 0.4) is 0 Å². The first-order valence-corrected chi connectivity index (χ1v) is 17.3. The molecule has 2 aliphatic rings. The number of amides is 1. The van der Waals surface area contributed by atoms with Crippen molar-refractivity contribution in [3.05, 3.63) is 94.3 Å². The lowest BCUT2D eigenvalue weighted by Gasteiger charge is -2.23. The standard InChI is InChI=1S/C35H34FN3O6S2/c1-4-6-15-44-27-14-9-22(18-28(27)43-5-2)30-29(31(40)23-10-13-26-24(17-23)16-20(3)45-26)32(41)33(42)39(30)34-37-38-35(47-34)46-19-21-7-11-25(36)12-8-21/h7-14,17-18,20,30,40H,4-6,15-16,19H2,1-3H3/b31-29+. The van der Waals surface area contributed by atoms with Crippen LogP contribution in [0.15, 0.2) is 70.6 Å². The Kier molecular flexibility index (Phi) is 9.79. The number of benzene rings is 3. The lowest BCUT2D eigenvalue weighted by Crippen LogP contribution is -2.29. The molecule has 1 aromatic heterocycles. The molecule has 9 nitrogen and oxygen atoms in total. The van der Waals surface area contributed by atoms with Crippen molar-refractivity contribution in [1.29, 1.82) is 0 Å². The van der Waals surface area contributed by atoms with E-state index in [1.807, 2.05) is 13.8 Å². The summed E-state index contributed by atoms with van der Waals surface area (Å²) in [7, 11) is 0. The number of ether oxygens (including phenoxy) is 3. The van der Waals surface area contributed by atoms with Gasteiger partial charge in [0, 0.05) is 17.7 Å². The Morgan fingerprint density at radius 3 is 2.64 bits per heavy atom. The molecule has 244 valence electrons. The maximum atomic E-state index is 13.8. The van der Waals surface area contributed by atoms with Crippen molar-refractivity contribution in [2.24, 2.45) is 0 Å². The zero-order valence-corrected chi connectivity index (χ0v) is 27.8. The van der Waals surface area contributed by atoms with Gasteiger partial charge in [0.15, 0.2) is 15.8 Å². The minimum Gasteiger partial charge on any atom is -0.507 e. The molecule has 0 aliphatic carbocycles.